The number of benzene rings is 2. The Labute approximate surface area is 185 Å². The highest BCUT2D eigenvalue weighted by Gasteiger charge is 2.26. The summed E-state index contributed by atoms with van der Waals surface area (Å²) in [7, 11) is -0.837. The number of nitrogens with zero attached hydrogens (tertiary/aromatic N) is 3. The Hall–Kier alpha value is -2.67. The summed E-state index contributed by atoms with van der Waals surface area (Å²) in [6.07, 6.45) is 6.05. The van der Waals surface area contributed by atoms with E-state index in [1.807, 2.05) is 50.3 Å². The molecule has 1 atom stereocenters. The standard InChI is InChI=1S/C24H31N3O3S/c1-6-27(4)16-25-22-13-18(3)23(14-17(22)2)30-20-11-8-12-21(15-20)31(5,29)26-24(28)19-9-7-10-19/h8,11-16,19H,6-7,9-10H2,1-5H3/b25-16+. The Morgan fingerprint density at radius 3 is 2.61 bits per heavy atom. The second kappa shape index (κ2) is 9.64. The fourth-order valence-electron chi connectivity index (χ4n) is 3.12. The zero-order valence-electron chi connectivity index (χ0n) is 18.9. The summed E-state index contributed by atoms with van der Waals surface area (Å²) in [6, 6.07) is 11.0. The van der Waals surface area contributed by atoms with Crippen molar-refractivity contribution in [1.82, 2.24) is 4.90 Å². The molecule has 1 fully saturated rings. The van der Waals surface area contributed by atoms with Crippen molar-refractivity contribution in [2.45, 2.75) is 44.9 Å². The number of rotatable bonds is 7. The molecule has 0 N–H and O–H groups in total. The number of carbonyl (C=O) groups excluding carboxylic acids is 1. The molecule has 2 aromatic rings. The first kappa shape index (κ1) is 23.0. The molecule has 1 saturated carbocycles. The van der Waals surface area contributed by atoms with Crippen LogP contribution in [0, 0.1) is 19.8 Å². The smallest absolute Gasteiger partial charge is 0.257 e. The minimum atomic E-state index is -2.82. The van der Waals surface area contributed by atoms with Crippen LogP contribution in [-0.4, -0.2) is 41.2 Å². The van der Waals surface area contributed by atoms with E-state index in [1.165, 1.54) is 6.26 Å². The Morgan fingerprint density at radius 2 is 1.97 bits per heavy atom. The van der Waals surface area contributed by atoms with Crippen LogP contribution in [0.3, 0.4) is 0 Å². The predicted octanol–water partition coefficient (Wildman–Crippen LogP) is 5.49. The molecule has 1 aliphatic rings. The van der Waals surface area contributed by atoms with Gasteiger partial charge in [-0.25, -0.2) is 9.20 Å². The van der Waals surface area contributed by atoms with Crippen molar-refractivity contribution >= 4 is 27.7 Å². The second-order valence-corrected chi connectivity index (χ2v) is 10.4. The minimum Gasteiger partial charge on any atom is -0.457 e. The van der Waals surface area contributed by atoms with Gasteiger partial charge in [-0.1, -0.05) is 12.5 Å². The molecular weight excluding hydrogens is 410 g/mol. The van der Waals surface area contributed by atoms with Crippen LogP contribution in [0.2, 0.25) is 0 Å². The molecule has 0 bridgehead atoms. The molecule has 0 spiro atoms. The lowest BCUT2D eigenvalue weighted by Gasteiger charge is -2.21. The maximum atomic E-state index is 13.1. The van der Waals surface area contributed by atoms with E-state index in [0.29, 0.717) is 16.4 Å². The summed E-state index contributed by atoms with van der Waals surface area (Å²) in [5.74, 6) is 0.955. The average molecular weight is 442 g/mol. The monoisotopic (exact) mass is 441 g/mol. The van der Waals surface area contributed by atoms with Crippen molar-refractivity contribution < 1.29 is 13.7 Å². The molecule has 0 aliphatic heterocycles. The highest BCUT2D eigenvalue weighted by Crippen LogP contribution is 2.33. The highest BCUT2D eigenvalue weighted by atomic mass is 32.2. The van der Waals surface area contributed by atoms with Gasteiger partial charge in [0.1, 0.15) is 11.5 Å². The van der Waals surface area contributed by atoms with Crippen LogP contribution in [0.1, 0.15) is 37.3 Å². The van der Waals surface area contributed by atoms with Gasteiger partial charge in [-0.05, 0) is 75.1 Å². The van der Waals surface area contributed by atoms with Crippen LogP contribution in [0.4, 0.5) is 5.69 Å². The molecular formula is C24H31N3O3S. The van der Waals surface area contributed by atoms with Gasteiger partial charge in [0.05, 0.1) is 26.7 Å². The van der Waals surface area contributed by atoms with Crippen molar-refractivity contribution in [2.24, 2.45) is 15.3 Å². The van der Waals surface area contributed by atoms with Gasteiger partial charge >= 0.3 is 0 Å². The number of aliphatic imine (C=N–C) groups is 1. The first-order valence-electron chi connectivity index (χ1n) is 10.6. The predicted molar refractivity (Wildman–Crippen MR) is 126 cm³/mol. The van der Waals surface area contributed by atoms with Gasteiger partial charge in [0, 0.05) is 25.8 Å². The van der Waals surface area contributed by atoms with Gasteiger partial charge in [-0.2, -0.15) is 4.36 Å². The van der Waals surface area contributed by atoms with E-state index in [2.05, 4.69) is 16.3 Å². The van der Waals surface area contributed by atoms with Crippen LogP contribution in [-0.2, 0) is 14.5 Å². The van der Waals surface area contributed by atoms with Crippen molar-refractivity contribution in [3.05, 3.63) is 47.5 Å². The third-order valence-electron chi connectivity index (χ3n) is 5.58. The average Bonchev–Trinajstić information content (AvgIpc) is 2.67. The molecule has 0 heterocycles. The first-order chi connectivity index (χ1) is 14.7. The molecule has 3 rings (SSSR count). The van der Waals surface area contributed by atoms with Crippen LogP contribution >= 0.6 is 0 Å². The molecule has 2 aromatic carbocycles. The maximum Gasteiger partial charge on any atom is 0.257 e. The van der Waals surface area contributed by atoms with Gasteiger partial charge in [0.2, 0.25) is 0 Å². The summed E-state index contributed by atoms with van der Waals surface area (Å²) in [4.78, 5) is 19.3. The lowest BCUT2D eigenvalue weighted by Crippen LogP contribution is -2.21. The lowest BCUT2D eigenvalue weighted by molar-refractivity contribution is -0.123. The van der Waals surface area contributed by atoms with Crippen LogP contribution in [0.25, 0.3) is 0 Å². The largest absolute Gasteiger partial charge is 0.457 e. The molecule has 0 radical (unpaired) electrons. The zero-order chi connectivity index (χ0) is 22.6. The Balaban J connectivity index is 1.83. The molecule has 0 aromatic heterocycles. The van der Waals surface area contributed by atoms with E-state index in [1.54, 1.807) is 18.2 Å². The Kier molecular flexibility index (Phi) is 7.15. The molecule has 0 saturated heterocycles. The summed E-state index contributed by atoms with van der Waals surface area (Å²) < 4.78 is 23.2. The van der Waals surface area contributed by atoms with Crippen molar-refractivity contribution in [3.8, 4) is 11.5 Å². The number of amides is 1. The van der Waals surface area contributed by atoms with Gasteiger partial charge < -0.3 is 9.64 Å². The lowest BCUT2D eigenvalue weighted by atomic mass is 9.85. The molecule has 31 heavy (non-hydrogen) atoms. The zero-order valence-corrected chi connectivity index (χ0v) is 19.7. The van der Waals surface area contributed by atoms with Crippen LogP contribution in [0.15, 0.2) is 50.6 Å². The number of aryl methyl sites for hydroxylation is 2. The molecule has 166 valence electrons. The Bertz CT molecular complexity index is 1110. The normalized spacial score (nSPS) is 15.9. The van der Waals surface area contributed by atoms with E-state index < -0.39 is 9.73 Å². The van der Waals surface area contributed by atoms with Gasteiger partial charge in [-0.3, -0.25) is 4.79 Å². The van der Waals surface area contributed by atoms with E-state index in [4.69, 9.17) is 4.74 Å². The van der Waals surface area contributed by atoms with E-state index >= 15 is 0 Å². The summed E-state index contributed by atoms with van der Waals surface area (Å²) in [5, 5.41) is 0. The number of hydrogen-bond donors (Lipinski definition) is 0. The van der Waals surface area contributed by atoms with Crippen molar-refractivity contribution in [3.63, 3.8) is 0 Å². The van der Waals surface area contributed by atoms with Gasteiger partial charge in [0.15, 0.2) is 0 Å². The minimum absolute atomic E-state index is 0.0656. The van der Waals surface area contributed by atoms with Crippen molar-refractivity contribution in [1.29, 1.82) is 0 Å². The molecule has 1 unspecified atom stereocenters. The first-order valence-corrected chi connectivity index (χ1v) is 12.5. The number of hydrogen-bond acceptors (Lipinski definition) is 4. The van der Waals surface area contributed by atoms with E-state index in [-0.39, 0.29) is 11.8 Å². The highest BCUT2D eigenvalue weighted by molar-refractivity contribution is 7.93. The molecule has 7 heteroatoms. The molecule has 6 nitrogen and oxygen atoms in total. The van der Waals surface area contributed by atoms with Gasteiger partial charge in [-0.15, -0.1) is 0 Å². The Morgan fingerprint density at radius 1 is 1.23 bits per heavy atom. The van der Waals surface area contributed by atoms with E-state index in [0.717, 1.165) is 42.6 Å². The fourth-order valence-corrected chi connectivity index (χ4v) is 4.38. The number of carbonyl (C=O) groups is 1. The molecule has 1 amide bonds. The third-order valence-corrected chi connectivity index (χ3v) is 7.23. The topological polar surface area (TPSA) is 71.3 Å². The molecule has 1 aliphatic carbocycles. The summed E-state index contributed by atoms with van der Waals surface area (Å²) in [6.45, 7) is 6.92. The van der Waals surface area contributed by atoms with Crippen LogP contribution < -0.4 is 4.74 Å². The fraction of sp³-hybridized carbons (Fsp3) is 0.417. The third kappa shape index (κ3) is 5.73. The quantitative estimate of drug-likeness (QED) is 0.421. The summed E-state index contributed by atoms with van der Waals surface area (Å²) in [5.41, 5.74) is 2.84. The SMILES string of the molecule is CCN(C)/C=N/c1cc(C)c(Oc2cccc(S(C)(=O)=NC(=O)C3CCC3)c2)cc1C. The summed E-state index contributed by atoms with van der Waals surface area (Å²) >= 11 is 0. The number of ether oxygens (including phenoxy) is 1. The maximum absolute atomic E-state index is 13.1. The van der Waals surface area contributed by atoms with Crippen LogP contribution in [0.5, 0.6) is 11.5 Å². The van der Waals surface area contributed by atoms with Gasteiger partial charge in [0.25, 0.3) is 5.91 Å². The second-order valence-electron chi connectivity index (χ2n) is 8.16. The van der Waals surface area contributed by atoms with Crippen molar-refractivity contribution in [2.75, 3.05) is 19.8 Å². The van der Waals surface area contributed by atoms with E-state index in [9.17, 15) is 9.00 Å².